The van der Waals surface area contributed by atoms with Crippen LogP contribution in [0, 0.1) is 0 Å². The van der Waals surface area contributed by atoms with Crippen molar-refractivity contribution in [2.45, 2.75) is 25.7 Å². The van der Waals surface area contributed by atoms with Gasteiger partial charge in [0.15, 0.2) is 0 Å². The molecule has 28 heavy (non-hydrogen) atoms. The maximum Gasteiger partial charge on any atom is 0.635 e. The van der Waals surface area contributed by atoms with Crippen LogP contribution in [-0.2, 0) is 33.6 Å². The molecular weight excluding hydrogens is 361 g/mol. The fourth-order valence-corrected chi connectivity index (χ4v) is 3.01. The number of furan rings is 1. The van der Waals surface area contributed by atoms with Gasteiger partial charge in [0, 0.05) is 24.5 Å². The van der Waals surface area contributed by atoms with Crippen LogP contribution in [0.4, 0.5) is 0 Å². The van der Waals surface area contributed by atoms with Gasteiger partial charge in [0.2, 0.25) is 5.91 Å². The Hall–Kier alpha value is -2.65. The van der Waals surface area contributed by atoms with Crippen molar-refractivity contribution < 1.29 is 28.7 Å². The van der Waals surface area contributed by atoms with Gasteiger partial charge < -0.3 is 29.2 Å². The summed E-state index contributed by atoms with van der Waals surface area (Å²) in [7, 11) is -0.378. The predicted octanol–water partition coefficient (Wildman–Crippen LogP) is 1.79. The summed E-state index contributed by atoms with van der Waals surface area (Å²) in [6.07, 6.45) is 1.03. The molecule has 1 heterocycles. The van der Waals surface area contributed by atoms with Gasteiger partial charge in [-0.2, -0.15) is 0 Å². The van der Waals surface area contributed by atoms with Crippen molar-refractivity contribution in [2.75, 3.05) is 7.11 Å². The summed E-state index contributed by atoms with van der Waals surface area (Å²) in [5, 5.41) is 22.0. The first-order valence-corrected chi connectivity index (χ1v) is 8.88. The zero-order valence-corrected chi connectivity index (χ0v) is 15.5. The fraction of sp³-hybridized carbons (Fsp3) is 0.250. The minimum atomic E-state index is -2.00. The zero-order chi connectivity index (χ0) is 19.9. The molecule has 1 amide bonds. The van der Waals surface area contributed by atoms with Crippen LogP contribution in [0.2, 0.25) is 0 Å². The third-order valence-corrected chi connectivity index (χ3v) is 4.27. The Morgan fingerprint density at radius 3 is 2.57 bits per heavy atom. The summed E-state index contributed by atoms with van der Waals surface area (Å²) in [4.78, 5) is 12.4. The minimum absolute atomic E-state index is 0.140. The highest BCUT2D eigenvalue weighted by Gasteiger charge is 2.22. The van der Waals surface area contributed by atoms with Crippen LogP contribution in [0.1, 0.15) is 16.7 Å². The number of ether oxygens (including phenoxy) is 1. The van der Waals surface area contributed by atoms with E-state index >= 15 is 0 Å². The molecule has 0 fully saturated rings. The van der Waals surface area contributed by atoms with E-state index in [0.717, 1.165) is 22.1 Å². The van der Waals surface area contributed by atoms with Crippen molar-refractivity contribution in [3.63, 3.8) is 0 Å². The van der Waals surface area contributed by atoms with Crippen LogP contribution in [0.15, 0.2) is 59.2 Å². The van der Waals surface area contributed by atoms with E-state index in [9.17, 15) is 14.8 Å². The second-order valence-electron chi connectivity index (χ2n) is 6.41. The maximum absolute atomic E-state index is 12.4. The summed E-state index contributed by atoms with van der Waals surface area (Å²) in [5.41, 5.74) is 3.35. The third kappa shape index (κ3) is 5.43. The molecular formula is C20H22BNO6. The van der Waals surface area contributed by atoms with Crippen molar-refractivity contribution in [2.24, 2.45) is 0 Å². The molecule has 0 radical (unpaired) electrons. The van der Waals surface area contributed by atoms with Gasteiger partial charge in [-0.15, -0.1) is 0 Å². The summed E-state index contributed by atoms with van der Waals surface area (Å²) in [6.45, 7) is 0.509. The average Bonchev–Trinajstić information content (AvgIpc) is 3.06. The van der Waals surface area contributed by atoms with Gasteiger partial charge in [-0.3, -0.25) is 4.79 Å². The number of para-hydroxylation sites is 1. The monoisotopic (exact) mass is 383 g/mol. The van der Waals surface area contributed by atoms with Crippen molar-refractivity contribution in [1.82, 2.24) is 5.32 Å². The molecule has 3 N–H and O–H groups in total. The number of carbonyl (C=O) groups is 1. The van der Waals surface area contributed by atoms with Gasteiger partial charge in [0.05, 0.1) is 19.3 Å². The van der Waals surface area contributed by atoms with Gasteiger partial charge >= 0.3 is 7.32 Å². The van der Waals surface area contributed by atoms with Crippen LogP contribution in [0.25, 0.3) is 11.0 Å². The van der Waals surface area contributed by atoms with Crippen LogP contribution in [0.5, 0.6) is 0 Å². The highest BCUT2D eigenvalue weighted by molar-refractivity contribution is 6.32. The first kappa shape index (κ1) is 20.1. The number of benzene rings is 2. The second-order valence-corrected chi connectivity index (χ2v) is 6.41. The average molecular weight is 383 g/mol. The van der Waals surface area contributed by atoms with Gasteiger partial charge in [0.1, 0.15) is 11.8 Å². The van der Waals surface area contributed by atoms with E-state index in [2.05, 4.69) is 5.32 Å². The number of hydrogen-bond donors (Lipinski definition) is 3. The SMILES string of the molecule is COCc1ccc(CC(=O)N[C@@H](Cc2coc3ccccc23)OB(O)O)cc1. The van der Waals surface area contributed by atoms with Crippen LogP contribution < -0.4 is 5.32 Å². The standard InChI is InChI=1S/C20H22BNO6/c1-26-12-15-8-6-14(7-9-15)10-19(23)22-20(28-21(24)25)11-16-13-27-18-5-3-2-4-17(16)18/h2-9,13,20,24-25H,10-12H2,1H3,(H,22,23)/t20-/m1/s1. The van der Waals surface area contributed by atoms with Crippen LogP contribution in [-0.4, -0.2) is 36.6 Å². The number of rotatable bonds is 9. The highest BCUT2D eigenvalue weighted by Crippen LogP contribution is 2.22. The number of methoxy groups -OCH3 is 1. The van der Waals surface area contributed by atoms with Crippen molar-refractivity contribution in [3.8, 4) is 0 Å². The zero-order valence-electron chi connectivity index (χ0n) is 15.5. The molecule has 0 aliphatic heterocycles. The molecule has 0 aliphatic rings. The van der Waals surface area contributed by atoms with E-state index in [1.54, 1.807) is 13.4 Å². The molecule has 8 heteroatoms. The molecule has 7 nitrogen and oxygen atoms in total. The number of hydrogen-bond acceptors (Lipinski definition) is 6. The molecule has 3 rings (SSSR count). The molecule has 1 atom stereocenters. The fourth-order valence-electron chi connectivity index (χ4n) is 3.01. The topological polar surface area (TPSA) is 101 Å². The third-order valence-electron chi connectivity index (χ3n) is 4.27. The predicted molar refractivity (Wildman–Crippen MR) is 104 cm³/mol. The number of nitrogens with one attached hydrogen (secondary N) is 1. The van der Waals surface area contributed by atoms with Gasteiger partial charge in [-0.1, -0.05) is 42.5 Å². The number of fused-ring (bicyclic) bond motifs is 1. The molecule has 0 spiro atoms. The van der Waals surface area contributed by atoms with E-state index in [1.807, 2.05) is 48.5 Å². The molecule has 1 aromatic heterocycles. The number of carbonyl (C=O) groups excluding carboxylic acids is 1. The molecule has 146 valence electrons. The Morgan fingerprint density at radius 1 is 1.14 bits per heavy atom. The van der Waals surface area contributed by atoms with Gasteiger partial charge in [-0.25, -0.2) is 0 Å². The minimum Gasteiger partial charge on any atom is -0.464 e. The Labute approximate surface area is 163 Å². The van der Waals surface area contributed by atoms with Gasteiger partial charge in [-0.05, 0) is 17.2 Å². The van der Waals surface area contributed by atoms with Crippen LogP contribution >= 0.6 is 0 Å². The van der Waals surface area contributed by atoms with E-state index in [0.29, 0.717) is 12.2 Å². The lowest BCUT2D eigenvalue weighted by atomic mass is 10.1. The number of amides is 1. The smallest absolute Gasteiger partial charge is 0.464 e. The lowest BCUT2D eigenvalue weighted by Gasteiger charge is -2.19. The molecule has 2 aromatic carbocycles. The molecule has 0 saturated heterocycles. The Balaban J connectivity index is 1.65. The summed E-state index contributed by atoms with van der Waals surface area (Å²) >= 11 is 0. The van der Waals surface area contributed by atoms with Crippen molar-refractivity contribution in [3.05, 3.63) is 71.5 Å². The van der Waals surface area contributed by atoms with Crippen molar-refractivity contribution in [1.29, 1.82) is 0 Å². The first-order chi connectivity index (χ1) is 13.5. The summed E-state index contributed by atoms with van der Waals surface area (Å²) < 4.78 is 15.6. The van der Waals surface area contributed by atoms with E-state index in [-0.39, 0.29) is 18.7 Å². The largest absolute Gasteiger partial charge is 0.635 e. The van der Waals surface area contributed by atoms with E-state index in [4.69, 9.17) is 13.8 Å². The van der Waals surface area contributed by atoms with Gasteiger partial charge in [0.25, 0.3) is 0 Å². The van der Waals surface area contributed by atoms with E-state index < -0.39 is 13.5 Å². The van der Waals surface area contributed by atoms with Crippen LogP contribution in [0.3, 0.4) is 0 Å². The molecule has 0 bridgehead atoms. The Morgan fingerprint density at radius 2 is 1.86 bits per heavy atom. The maximum atomic E-state index is 12.4. The van der Waals surface area contributed by atoms with E-state index in [1.165, 1.54) is 0 Å². The first-order valence-electron chi connectivity index (χ1n) is 8.88. The second kappa shape index (κ2) is 9.52. The molecule has 0 unspecified atom stereocenters. The molecule has 0 saturated carbocycles. The normalized spacial score (nSPS) is 12.1. The highest BCUT2D eigenvalue weighted by atomic mass is 16.6. The lowest BCUT2D eigenvalue weighted by Crippen LogP contribution is -2.43. The Kier molecular flexibility index (Phi) is 6.83. The summed E-state index contributed by atoms with van der Waals surface area (Å²) in [6, 6.07) is 15.0. The summed E-state index contributed by atoms with van der Waals surface area (Å²) in [5.74, 6) is -0.294. The van der Waals surface area contributed by atoms with Crippen molar-refractivity contribution >= 4 is 24.2 Å². The lowest BCUT2D eigenvalue weighted by molar-refractivity contribution is -0.123. The Bertz CT molecular complexity index is 908. The quantitative estimate of drug-likeness (QED) is 0.385. The molecule has 3 aromatic rings. The molecule has 0 aliphatic carbocycles.